The third-order valence-corrected chi connectivity index (χ3v) is 5.93. The number of carbonyl (C=O) groups is 2. The van der Waals surface area contributed by atoms with Crippen LogP contribution in [0.25, 0.3) is 0 Å². The topological polar surface area (TPSA) is 98.8 Å². The number of nitrogens with zero attached hydrogens (tertiary/aromatic N) is 2. The van der Waals surface area contributed by atoms with E-state index >= 15 is 0 Å². The summed E-state index contributed by atoms with van der Waals surface area (Å²) in [7, 11) is -4.71. The predicted octanol–water partition coefficient (Wildman–Crippen LogP) is 1.47. The predicted molar refractivity (Wildman–Crippen MR) is 97.8 cm³/mol. The molecule has 0 radical (unpaired) electrons. The van der Waals surface area contributed by atoms with Gasteiger partial charge in [-0.3, -0.25) is 4.79 Å². The van der Waals surface area contributed by atoms with Crippen LogP contribution < -0.4 is 10.6 Å². The van der Waals surface area contributed by atoms with Gasteiger partial charge in [-0.1, -0.05) is 22.4 Å². The van der Waals surface area contributed by atoms with Crippen molar-refractivity contribution in [3.8, 4) is 0 Å². The minimum absolute atomic E-state index is 0.0307. The number of nitrogens with one attached hydrogen (secondary N) is 2. The normalized spacial score (nSPS) is 18.6. The number of benzene rings is 1. The molecule has 1 aliphatic heterocycles. The molecule has 3 amide bonds. The number of amides is 3. The molecule has 0 aromatic heterocycles. The van der Waals surface area contributed by atoms with E-state index < -0.39 is 10.4 Å². The Morgan fingerprint density at radius 1 is 1.15 bits per heavy atom. The van der Waals surface area contributed by atoms with Crippen LogP contribution in [-0.4, -0.2) is 55.7 Å². The Morgan fingerprint density at radius 2 is 1.85 bits per heavy atom. The fourth-order valence-corrected chi connectivity index (χ4v) is 3.67. The van der Waals surface area contributed by atoms with Gasteiger partial charge in [-0.2, -0.15) is 12.7 Å². The Balaban J connectivity index is 1.47. The number of piperazine rings is 1. The highest BCUT2D eigenvalue weighted by molar-refractivity contribution is 7.83. The van der Waals surface area contributed by atoms with E-state index in [0.29, 0.717) is 9.99 Å². The van der Waals surface area contributed by atoms with Crippen molar-refractivity contribution in [1.29, 1.82) is 0 Å². The number of hydrogen-bond donors (Lipinski definition) is 2. The second-order valence-electron chi connectivity index (χ2n) is 6.80. The van der Waals surface area contributed by atoms with Crippen molar-refractivity contribution in [3.63, 3.8) is 0 Å². The molecule has 2 N–H and O–H groups in total. The number of hydrogen-bond acceptors (Lipinski definition) is 4. The van der Waals surface area contributed by atoms with Crippen molar-refractivity contribution >= 4 is 28.0 Å². The average Bonchev–Trinajstić information content (AvgIpc) is 2.58. The quantitative estimate of drug-likeness (QED) is 0.734. The van der Waals surface area contributed by atoms with Crippen LogP contribution in [0.4, 0.5) is 14.4 Å². The molecule has 0 atom stereocenters. The highest BCUT2D eigenvalue weighted by atomic mass is 32.3. The highest BCUT2D eigenvalue weighted by Gasteiger charge is 2.28. The summed E-state index contributed by atoms with van der Waals surface area (Å²) >= 11 is 0. The standard InChI is InChI=1S/C17H23FN4O4S/c18-27(25,26)22-9-7-21(8-10-22)17(24)19-12-13-3-1-6-15(11-13)20-16(23)14-4-2-5-14/h1,3,6,11,14H,2,4-5,7-10,12H2,(H,19,24)(H,20,23). The van der Waals surface area contributed by atoms with Gasteiger partial charge in [0.2, 0.25) is 5.91 Å². The molecule has 2 fully saturated rings. The smallest absolute Gasteiger partial charge is 0.334 e. The minimum atomic E-state index is -4.71. The lowest BCUT2D eigenvalue weighted by Gasteiger charge is -2.32. The van der Waals surface area contributed by atoms with E-state index in [-0.39, 0.29) is 50.6 Å². The maximum Gasteiger partial charge on any atom is 0.374 e. The fraction of sp³-hybridized carbons (Fsp3) is 0.529. The Bertz CT molecular complexity index is 805. The summed E-state index contributed by atoms with van der Waals surface area (Å²) in [4.78, 5) is 25.7. The van der Waals surface area contributed by atoms with E-state index in [0.717, 1.165) is 24.8 Å². The molecule has 1 aromatic carbocycles. The maximum atomic E-state index is 12.9. The van der Waals surface area contributed by atoms with Crippen LogP contribution in [0.15, 0.2) is 24.3 Å². The maximum absolute atomic E-state index is 12.9. The van der Waals surface area contributed by atoms with Gasteiger partial charge in [-0.25, -0.2) is 4.79 Å². The number of urea groups is 1. The lowest BCUT2D eigenvalue weighted by Crippen LogP contribution is -2.52. The zero-order valence-electron chi connectivity index (χ0n) is 14.9. The zero-order valence-corrected chi connectivity index (χ0v) is 15.7. The van der Waals surface area contributed by atoms with E-state index in [9.17, 15) is 21.9 Å². The number of carbonyl (C=O) groups excluding carboxylic acids is 2. The van der Waals surface area contributed by atoms with Crippen molar-refractivity contribution in [2.75, 3.05) is 31.5 Å². The van der Waals surface area contributed by atoms with Gasteiger partial charge < -0.3 is 15.5 Å². The number of anilines is 1. The molecule has 8 nitrogen and oxygen atoms in total. The lowest BCUT2D eigenvalue weighted by atomic mass is 9.85. The first-order chi connectivity index (χ1) is 12.8. The largest absolute Gasteiger partial charge is 0.374 e. The average molecular weight is 398 g/mol. The first-order valence-electron chi connectivity index (χ1n) is 8.95. The van der Waals surface area contributed by atoms with Gasteiger partial charge in [0.1, 0.15) is 0 Å². The van der Waals surface area contributed by atoms with E-state index in [4.69, 9.17) is 0 Å². The molecule has 2 aliphatic rings. The zero-order chi connectivity index (χ0) is 19.4. The summed E-state index contributed by atoms with van der Waals surface area (Å²) in [6, 6.07) is 6.92. The SMILES string of the molecule is O=C(Nc1cccc(CNC(=O)N2CCN(S(=O)(=O)F)CC2)c1)C1CCC1. The first-order valence-corrected chi connectivity index (χ1v) is 10.3. The van der Waals surface area contributed by atoms with E-state index in [2.05, 4.69) is 10.6 Å². The minimum Gasteiger partial charge on any atom is -0.334 e. The van der Waals surface area contributed by atoms with Gasteiger partial charge in [0.15, 0.2) is 0 Å². The lowest BCUT2D eigenvalue weighted by molar-refractivity contribution is -0.122. The molecule has 1 heterocycles. The second-order valence-corrected chi connectivity index (χ2v) is 8.14. The molecule has 0 spiro atoms. The van der Waals surface area contributed by atoms with E-state index in [1.54, 1.807) is 6.07 Å². The van der Waals surface area contributed by atoms with Crippen molar-refractivity contribution in [2.45, 2.75) is 25.8 Å². The molecule has 27 heavy (non-hydrogen) atoms. The molecule has 1 saturated carbocycles. The van der Waals surface area contributed by atoms with Gasteiger partial charge in [0.25, 0.3) is 0 Å². The van der Waals surface area contributed by atoms with Crippen LogP contribution in [0, 0.1) is 5.92 Å². The van der Waals surface area contributed by atoms with Crippen LogP contribution in [0.1, 0.15) is 24.8 Å². The number of rotatable bonds is 5. The van der Waals surface area contributed by atoms with Crippen LogP contribution in [0.3, 0.4) is 0 Å². The highest BCUT2D eigenvalue weighted by Crippen LogP contribution is 2.27. The first kappa shape index (κ1) is 19.6. The second kappa shape index (κ2) is 8.22. The molecule has 1 aliphatic carbocycles. The molecule has 148 valence electrons. The third kappa shape index (κ3) is 5.16. The van der Waals surface area contributed by atoms with Gasteiger partial charge in [0.05, 0.1) is 0 Å². The van der Waals surface area contributed by atoms with Crippen molar-refractivity contribution in [1.82, 2.24) is 14.5 Å². The van der Waals surface area contributed by atoms with Gasteiger partial charge in [-0.05, 0) is 30.5 Å². The monoisotopic (exact) mass is 398 g/mol. The molecule has 1 saturated heterocycles. The Morgan fingerprint density at radius 3 is 2.44 bits per heavy atom. The summed E-state index contributed by atoms with van der Waals surface area (Å²) in [5.74, 6) is 0.128. The van der Waals surface area contributed by atoms with Crippen LogP contribution in [0.2, 0.25) is 0 Å². The van der Waals surface area contributed by atoms with E-state index in [1.807, 2.05) is 18.2 Å². The van der Waals surface area contributed by atoms with Crippen molar-refractivity contribution < 1.29 is 21.9 Å². The van der Waals surface area contributed by atoms with Gasteiger partial charge >= 0.3 is 16.4 Å². The summed E-state index contributed by atoms with van der Waals surface area (Å²) in [5, 5.41) is 5.65. The van der Waals surface area contributed by atoms with Crippen molar-refractivity contribution in [3.05, 3.63) is 29.8 Å². The Labute approximate surface area is 158 Å². The Hall–Kier alpha value is -2.20. The van der Waals surface area contributed by atoms with Crippen LogP contribution in [0.5, 0.6) is 0 Å². The Kier molecular flexibility index (Phi) is 5.95. The van der Waals surface area contributed by atoms with Crippen LogP contribution >= 0.6 is 0 Å². The van der Waals surface area contributed by atoms with Gasteiger partial charge in [0, 0.05) is 44.3 Å². The molecule has 1 aromatic rings. The summed E-state index contributed by atoms with van der Waals surface area (Å²) in [6.07, 6.45) is 2.95. The van der Waals surface area contributed by atoms with Crippen LogP contribution in [-0.2, 0) is 21.7 Å². The molecule has 0 bridgehead atoms. The molecular weight excluding hydrogens is 375 g/mol. The number of halogens is 1. The molecule has 10 heteroatoms. The summed E-state index contributed by atoms with van der Waals surface area (Å²) in [6.45, 7) is 0.413. The fourth-order valence-electron chi connectivity index (χ4n) is 3.07. The summed E-state index contributed by atoms with van der Waals surface area (Å²) < 4.78 is 35.4. The third-order valence-electron chi connectivity index (χ3n) is 4.95. The van der Waals surface area contributed by atoms with Gasteiger partial charge in [-0.15, -0.1) is 0 Å². The van der Waals surface area contributed by atoms with Crippen molar-refractivity contribution in [2.24, 2.45) is 5.92 Å². The summed E-state index contributed by atoms with van der Waals surface area (Å²) in [5.41, 5.74) is 1.53. The van der Waals surface area contributed by atoms with E-state index in [1.165, 1.54) is 4.90 Å². The molecular formula is C17H23FN4O4S. The molecule has 0 unspecified atom stereocenters. The molecule has 3 rings (SSSR count).